The Morgan fingerprint density at radius 3 is 2.42 bits per heavy atom. The fraction of sp³-hybridized carbons (Fsp3) is 0.450. The maximum absolute atomic E-state index is 12.3. The van der Waals surface area contributed by atoms with Crippen LogP contribution < -0.4 is 0 Å². The van der Waals surface area contributed by atoms with Gasteiger partial charge in [-0.3, -0.25) is 14.4 Å². The van der Waals surface area contributed by atoms with Gasteiger partial charge in [0.25, 0.3) is 11.8 Å². The molecule has 1 N–H and O–H groups in total. The van der Waals surface area contributed by atoms with Crippen LogP contribution in [0.4, 0.5) is 0 Å². The van der Waals surface area contributed by atoms with Crippen LogP contribution in [0.15, 0.2) is 30.4 Å². The number of rotatable bonds is 10. The van der Waals surface area contributed by atoms with E-state index in [-0.39, 0.29) is 16.9 Å². The molecule has 1 aromatic rings. The molecule has 26 heavy (non-hydrogen) atoms. The van der Waals surface area contributed by atoms with Crippen LogP contribution in [-0.2, 0) is 4.79 Å². The molecule has 0 radical (unpaired) electrons. The lowest BCUT2D eigenvalue weighted by Crippen LogP contribution is -2.39. The summed E-state index contributed by atoms with van der Waals surface area (Å²) in [4.78, 5) is 37.0. The van der Waals surface area contributed by atoms with Crippen molar-refractivity contribution in [3.63, 3.8) is 0 Å². The van der Waals surface area contributed by atoms with E-state index in [1.54, 1.807) is 13.0 Å². The van der Waals surface area contributed by atoms with Crippen molar-refractivity contribution in [3.05, 3.63) is 46.5 Å². The standard InChI is InChI=1S/C20H24ClNO4/c1-13(2)17(23)8-6-4-3-5-7-9-18(24)22-19(25)15-11-10-14(21)12-16(15)20(22)26/h10-12,18,24H,1,3-9H2,2H3. The van der Waals surface area contributed by atoms with E-state index in [9.17, 15) is 19.5 Å². The number of allylic oxidation sites excluding steroid dienone is 1. The number of imide groups is 1. The molecule has 6 heteroatoms. The summed E-state index contributed by atoms with van der Waals surface area (Å²) in [5.41, 5.74) is 1.11. The molecular formula is C20H24ClNO4. The molecule has 1 aliphatic rings. The summed E-state index contributed by atoms with van der Waals surface area (Å²) in [6.45, 7) is 5.35. The molecular weight excluding hydrogens is 354 g/mol. The van der Waals surface area contributed by atoms with Crippen LogP contribution >= 0.6 is 11.6 Å². The van der Waals surface area contributed by atoms with Crippen molar-refractivity contribution in [2.24, 2.45) is 0 Å². The van der Waals surface area contributed by atoms with Gasteiger partial charge in [-0.2, -0.15) is 0 Å². The summed E-state index contributed by atoms with van der Waals surface area (Å²) in [6, 6.07) is 4.52. The first-order valence-corrected chi connectivity index (χ1v) is 9.25. The molecule has 1 heterocycles. The zero-order valence-corrected chi connectivity index (χ0v) is 15.7. The van der Waals surface area contributed by atoms with Crippen LogP contribution in [0, 0.1) is 0 Å². The number of halogens is 1. The number of Topliss-reactive ketones (excluding diaryl/α,β-unsaturated/α-hetero) is 1. The number of benzene rings is 1. The molecule has 0 aromatic heterocycles. The minimum atomic E-state index is -1.13. The molecule has 140 valence electrons. The fourth-order valence-electron chi connectivity index (χ4n) is 2.99. The largest absolute Gasteiger partial charge is 0.373 e. The fourth-order valence-corrected chi connectivity index (χ4v) is 3.16. The predicted molar refractivity (Wildman–Crippen MR) is 100 cm³/mol. The zero-order chi connectivity index (χ0) is 19.3. The number of amides is 2. The number of ketones is 1. The lowest BCUT2D eigenvalue weighted by Gasteiger charge is -2.21. The van der Waals surface area contributed by atoms with Gasteiger partial charge in [0.15, 0.2) is 5.78 Å². The molecule has 0 fully saturated rings. The number of aliphatic hydroxyl groups excluding tert-OH is 1. The Labute approximate surface area is 158 Å². The van der Waals surface area contributed by atoms with Gasteiger partial charge in [0.05, 0.1) is 11.1 Å². The van der Waals surface area contributed by atoms with Crippen molar-refractivity contribution in [1.29, 1.82) is 0 Å². The van der Waals surface area contributed by atoms with E-state index >= 15 is 0 Å². The van der Waals surface area contributed by atoms with Crippen LogP contribution in [0.1, 0.15) is 72.6 Å². The van der Waals surface area contributed by atoms with Crippen LogP contribution in [0.25, 0.3) is 0 Å². The van der Waals surface area contributed by atoms with Crippen molar-refractivity contribution in [1.82, 2.24) is 4.90 Å². The summed E-state index contributed by atoms with van der Waals surface area (Å²) in [7, 11) is 0. The van der Waals surface area contributed by atoms with Crippen LogP contribution in [-0.4, -0.2) is 33.8 Å². The molecule has 0 saturated heterocycles. The molecule has 1 aliphatic heterocycles. The van der Waals surface area contributed by atoms with Gasteiger partial charge in [0.2, 0.25) is 0 Å². The normalized spacial score (nSPS) is 14.5. The maximum Gasteiger partial charge on any atom is 0.263 e. The minimum Gasteiger partial charge on any atom is -0.373 e. The number of unbranched alkanes of at least 4 members (excludes halogenated alkanes) is 4. The Morgan fingerprint density at radius 1 is 1.12 bits per heavy atom. The van der Waals surface area contributed by atoms with Crippen LogP contribution in [0.5, 0.6) is 0 Å². The van der Waals surface area contributed by atoms with E-state index < -0.39 is 18.0 Å². The first-order chi connectivity index (χ1) is 12.3. The van der Waals surface area contributed by atoms with Gasteiger partial charge < -0.3 is 5.11 Å². The highest BCUT2D eigenvalue weighted by molar-refractivity contribution is 6.32. The average molecular weight is 378 g/mol. The molecule has 2 amide bonds. The number of hydrogen-bond donors (Lipinski definition) is 1. The Bertz CT molecular complexity index is 729. The van der Waals surface area contributed by atoms with E-state index in [2.05, 4.69) is 6.58 Å². The lowest BCUT2D eigenvalue weighted by molar-refractivity contribution is -0.115. The lowest BCUT2D eigenvalue weighted by atomic mass is 10.0. The second-order valence-corrected chi connectivity index (χ2v) is 7.10. The van der Waals surface area contributed by atoms with Gasteiger partial charge >= 0.3 is 0 Å². The average Bonchev–Trinajstić information content (AvgIpc) is 2.84. The molecule has 1 atom stereocenters. The number of aliphatic hydroxyl groups is 1. The van der Waals surface area contributed by atoms with Crippen molar-refractivity contribution >= 4 is 29.2 Å². The third-order valence-electron chi connectivity index (χ3n) is 4.52. The van der Waals surface area contributed by atoms with Crippen LogP contribution in [0.3, 0.4) is 0 Å². The van der Waals surface area contributed by atoms with Gasteiger partial charge in [0.1, 0.15) is 6.23 Å². The molecule has 1 unspecified atom stereocenters. The summed E-state index contributed by atoms with van der Waals surface area (Å²) < 4.78 is 0. The Balaban J connectivity index is 1.73. The molecule has 2 rings (SSSR count). The van der Waals surface area contributed by atoms with E-state index in [0.29, 0.717) is 29.9 Å². The second-order valence-electron chi connectivity index (χ2n) is 6.66. The van der Waals surface area contributed by atoms with Gasteiger partial charge in [-0.1, -0.05) is 37.4 Å². The van der Waals surface area contributed by atoms with Crippen molar-refractivity contribution < 1.29 is 19.5 Å². The van der Waals surface area contributed by atoms with Gasteiger partial charge in [-0.25, -0.2) is 4.90 Å². The third-order valence-corrected chi connectivity index (χ3v) is 4.76. The van der Waals surface area contributed by atoms with Gasteiger partial charge in [-0.05, 0) is 50.0 Å². The summed E-state index contributed by atoms with van der Waals surface area (Å²) in [5.74, 6) is -0.878. The second kappa shape index (κ2) is 9.10. The Morgan fingerprint density at radius 2 is 1.73 bits per heavy atom. The van der Waals surface area contributed by atoms with E-state index in [1.165, 1.54) is 12.1 Å². The third kappa shape index (κ3) is 4.80. The number of nitrogens with zero attached hydrogens (tertiary/aromatic N) is 1. The van der Waals surface area contributed by atoms with Gasteiger partial charge in [0, 0.05) is 11.4 Å². The number of fused-ring (bicyclic) bond motifs is 1. The monoisotopic (exact) mass is 377 g/mol. The first kappa shape index (κ1) is 20.3. The smallest absolute Gasteiger partial charge is 0.263 e. The SMILES string of the molecule is C=C(C)C(=O)CCCCCCCC(O)N1C(=O)c2ccc(Cl)cc2C1=O. The summed E-state index contributed by atoms with van der Waals surface area (Å²) in [6.07, 6.45) is 3.99. The number of hydrogen-bond acceptors (Lipinski definition) is 4. The molecule has 5 nitrogen and oxygen atoms in total. The maximum atomic E-state index is 12.3. The highest BCUT2D eigenvalue weighted by atomic mass is 35.5. The van der Waals surface area contributed by atoms with E-state index in [4.69, 9.17) is 11.6 Å². The van der Waals surface area contributed by atoms with E-state index in [0.717, 1.165) is 30.6 Å². The molecule has 0 bridgehead atoms. The summed E-state index contributed by atoms with van der Waals surface area (Å²) in [5, 5.41) is 10.6. The molecule has 0 saturated carbocycles. The molecule has 0 spiro atoms. The summed E-state index contributed by atoms with van der Waals surface area (Å²) >= 11 is 5.87. The van der Waals surface area contributed by atoms with E-state index in [1.807, 2.05) is 0 Å². The van der Waals surface area contributed by atoms with Crippen molar-refractivity contribution in [2.75, 3.05) is 0 Å². The zero-order valence-electron chi connectivity index (χ0n) is 15.0. The molecule has 1 aromatic carbocycles. The van der Waals surface area contributed by atoms with Gasteiger partial charge in [-0.15, -0.1) is 0 Å². The predicted octanol–water partition coefficient (Wildman–Crippen LogP) is 4.13. The van der Waals surface area contributed by atoms with Crippen molar-refractivity contribution in [2.45, 2.75) is 58.1 Å². The van der Waals surface area contributed by atoms with Crippen LogP contribution in [0.2, 0.25) is 5.02 Å². The Hall–Kier alpha value is -1.98. The Kier molecular flexibility index (Phi) is 7.12. The topological polar surface area (TPSA) is 74.7 Å². The minimum absolute atomic E-state index is 0.103. The first-order valence-electron chi connectivity index (χ1n) is 8.87. The number of carbonyl (C=O) groups excluding carboxylic acids is 3. The van der Waals surface area contributed by atoms with Crippen molar-refractivity contribution in [3.8, 4) is 0 Å². The highest BCUT2D eigenvalue weighted by Crippen LogP contribution is 2.28. The molecule has 0 aliphatic carbocycles. The highest BCUT2D eigenvalue weighted by Gasteiger charge is 2.39. The quantitative estimate of drug-likeness (QED) is 0.378. The number of carbonyl (C=O) groups is 3.